The number of para-hydroxylation sites is 1. The highest BCUT2D eigenvalue weighted by Crippen LogP contribution is 2.28. The monoisotopic (exact) mass is 327 g/mol. The summed E-state index contributed by atoms with van der Waals surface area (Å²) < 4.78 is 0. The van der Waals surface area contributed by atoms with Crippen molar-refractivity contribution in [3.05, 3.63) is 36.0 Å². The van der Waals surface area contributed by atoms with Crippen LogP contribution >= 0.6 is 0 Å². The van der Waals surface area contributed by atoms with Crippen molar-refractivity contribution in [2.45, 2.75) is 33.1 Å². The van der Waals surface area contributed by atoms with E-state index < -0.39 is 5.41 Å². The smallest absolute Gasteiger partial charge is 0.357 e. The van der Waals surface area contributed by atoms with E-state index in [1.165, 1.54) is 10.9 Å². The number of amides is 2. The molecule has 0 atom stereocenters. The quantitative estimate of drug-likeness (QED) is 0.591. The molecule has 126 valence electrons. The van der Waals surface area contributed by atoms with E-state index in [0.29, 0.717) is 25.3 Å². The van der Waals surface area contributed by atoms with Gasteiger partial charge in [-0.25, -0.2) is 10.6 Å². The molecule has 2 amide bonds. The summed E-state index contributed by atoms with van der Waals surface area (Å²) in [5.74, 6) is -0.0842. The second-order valence-electron chi connectivity index (χ2n) is 6.11. The minimum Gasteiger partial charge on any atom is -0.361 e. The Morgan fingerprint density at radius 2 is 1.71 bits per heavy atom. The summed E-state index contributed by atoms with van der Waals surface area (Å²) in [5.41, 5.74) is 1.35. The average molecular weight is 327 g/mol. The maximum Gasteiger partial charge on any atom is 0.357 e. The molecule has 1 aromatic heterocycles. The Morgan fingerprint density at radius 3 is 2.38 bits per heavy atom. The molecule has 0 spiro atoms. The summed E-state index contributed by atoms with van der Waals surface area (Å²) >= 11 is 0. The van der Waals surface area contributed by atoms with Crippen LogP contribution in [0.3, 0.4) is 0 Å². The molecule has 1 saturated heterocycles. The highest BCUT2D eigenvalue weighted by Gasteiger charge is 2.51. The lowest BCUT2D eigenvalue weighted by Crippen LogP contribution is -2.84. The molecule has 0 unspecified atom stereocenters. The Hall–Kier alpha value is -2.63. The van der Waals surface area contributed by atoms with Gasteiger partial charge in [0.1, 0.15) is 0 Å². The number of carbonyl (C=O) groups excluding carboxylic acids is 2. The molecular weight excluding hydrogens is 304 g/mol. The van der Waals surface area contributed by atoms with Crippen LogP contribution in [-0.2, 0) is 16.0 Å². The van der Waals surface area contributed by atoms with Gasteiger partial charge in [-0.05, 0) is 24.5 Å². The van der Waals surface area contributed by atoms with Gasteiger partial charge in [0.05, 0.1) is 6.54 Å². The molecule has 2 aromatic rings. The van der Waals surface area contributed by atoms with E-state index in [0.717, 1.165) is 11.9 Å². The van der Waals surface area contributed by atoms with Gasteiger partial charge in [-0.2, -0.15) is 0 Å². The van der Waals surface area contributed by atoms with Crippen molar-refractivity contribution in [1.29, 1.82) is 0 Å². The number of nitrogens with one attached hydrogen (secondary N) is 4. The molecule has 1 aliphatic heterocycles. The van der Waals surface area contributed by atoms with Crippen LogP contribution in [0.5, 0.6) is 0 Å². The van der Waals surface area contributed by atoms with Crippen molar-refractivity contribution >= 4 is 28.7 Å². The zero-order valence-electron chi connectivity index (χ0n) is 14.0. The normalized spacial score (nSPS) is 16.8. The third-order valence-electron chi connectivity index (χ3n) is 4.92. The molecule has 0 bridgehead atoms. The maximum absolute atomic E-state index is 12.3. The molecule has 0 saturated carbocycles. The molecule has 6 heteroatoms. The lowest BCUT2D eigenvalue weighted by molar-refractivity contribution is -0.460. The number of benzene rings is 1. The maximum atomic E-state index is 12.3. The number of rotatable bonds is 5. The Bertz CT molecular complexity index is 780. The largest absolute Gasteiger partial charge is 0.361 e. The molecule has 0 radical (unpaired) electrons. The van der Waals surface area contributed by atoms with Crippen LogP contribution in [0.1, 0.15) is 32.3 Å². The van der Waals surface area contributed by atoms with Crippen molar-refractivity contribution in [3.8, 4) is 0 Å². The second-order valence-corrected chi connectivity index (χ2v) is 6.11. The first-order chi connectivity index (χ1) is 11.6. The second kappa shape index (κ2) is 6.47. The van der Waals surface area contributed by atoms with Crippen LogP contribution in [0.15, 0.2) is 30.5 Å². The highest BCUT2D eigenvalue weighted by atomic mass is 16.2. The predicted octanol–water partition coefficient (Wildman–Crippen LogP) is 0.199. The Kier molecular flexibility index (Phi) is 4.38. The third kappa shape index (κ3) is 2.68. The standard InChI is InChI=1S/C18H22N4O2/c1-3-18(4-2)15(23)21-17(22-16(18)24)19-10-9-12-11-20-14-8-6-5-7-13(12)14/h5-8,11,20H,3-4,9-10H2,1-2H3,(H2,19,21,22,23,24)/p+1. The molecule has 0 aliphatic carbocycles. The molecule has 1 aliphatic rings. The Labute approximate surface area is 140 Å². The summed E-state index contributed by atoms with van der Waals surface area (Å²) in [6.07, 6.45) is 3.76. The van der Waals surface area contributed by atoms with E-state index >= 15 is 0 Å². The topological polar surface area (TPSA) is 88.0 Å². The number of aromatic amines is 1. The van der Waals surface area contributed by atoms with Crippen molar-refractivity contribution < 1.29 is 14.6 Å². The molecule has 2 heterocycles. The fourth-order valence-electron chi connectivity index (χ4n) is 3.24. The summed E-state index contributed by atoms with van der Waals surface area (Å²) in [7, 11) is 0. The van der Waals surface area contributed by atoms with E-state index in [9.17, 15) is 9.59 Å². The molecule has 6 nitrogen and oxygen atoms in total. The summed E-state index contributed by atoms with van der Waals surface area (Å²) in [6, 6.07) is 8.13. The van der Waals surface area contributed by atoms with Gasteiger partial charge < -0.3 is 4.98 Å². The lowest BCUT2D eigenvalue weighted by Gasteiger charge is -2.28. The van der Waals surface area contributed by atoms with Gasteiger partial charge in [0.25, 0.3) is 11.8 Å². The van der Waals surface area contributed by atoms with E-state index in [2.05, 4.69) is 26.7 Å². The Balaban J connectivity index is 1.68. The Morgan fingerprint density at radius 1 is 1.04 bits per heavy atom. The minimum atomic E-state index is -0.956. The van der Waals surface area contributed by atoms with Crippen LogP contribution in [0, 0.1) is 5.41 Å². The van der Waals surface area contributed by atoms with Crippen LogP contribution in [0.4, 0.5) is 0 Å². The molecule has 1 aromatic carbocycles. The summed E-state index contributed by atoms with van der Waals surface area (Å²) in [5, 5.41) is 6.76. The van der Waals surface area contributed by atoms with Crippen molar-refractivity contribution in [1.82, 2.24) is 15.6 Å². The first-order valence-corrected chi connectivity index (χ1v) is 8.39. The van der Waals surface area contributed by atoms with Crippen LogP contribution < -0.4 is 15.6 Å². The van der Waals surface area contributed by atoms with Gasteiger partial charge in [-0.1, -0.05) is 32.0 Å². The van der Waals surface area contributed by atoms with E-state index in [1.54, 1.807) is 0 Å². The number of fused-ring (bicyclic) bond motifs is 1. The van der Waals surface area contributed by atoms with E-state index in [4.69, 9.17) is 0 Å². The number of guanidine groups is 1. The minimum absolute atomic E-state index is 0.231. The van der Waals surface area contributed by atoms with Gasteiger partial charge >= 0.3 is 5.96 Å². The number of H-pyrrole nitrogens is 1. The number of hydrogen-bond acceptors (Lipinski definition) is 2. The number of carbonyl (C=O) groups is 2. The van der Waals surface area contributed by atoms with Gasteiger partial charge in [0.2, 0.25) is 0 Å². The summed E-state index contributed by atoms with van der Waals surface area (Å²) in [6.45, 7) is 4.33. The molecule has 4 N–H and O–H groups in total. The fourth-order valence-corrected chi connectivity index (χ4v) is 3.24. The van der Waals surface area contributed by atoms with Gasteiger partial charge in [-0.3, -0.25) is 14.6 Å². The van der Waals surface area contributed by atoms with Crippen LogP contribution in [-0.4, -0.2) is 29.3 Å². The summed E-state index contributed by atoms with van der Waals surface area (Å²) in [4.78, 5) is 31.0. The number of hydrogen-bond donors (Lipinski definition) is 4. The number of aromatic nitrogens is 1. The van der Waals surface area contributed by atoms with E-state index in [1.807, 2.05) is 38.2 Å². The van der Waals surface area contributed by atoms with Crippen LogP contribution in [0.2, 0.25) is 0 Å². The molecular formula is C18H23N4O2+. The van der Waals surface area contributed by atoms with Crippen molar-refractivity contribution in [3.63, 3.8) is 0 Å². The van der Waals surface area contributed by atoms with Gasteiger partial charge in [0.15, 0.2) is 5.41 Å². The predicted molar refractivity (Wildman–Crippen MR) is 92.1 cm³/mol. The van der Waals surface area contributed by atoms with E-state index in [-0.39, 0.29) is 11.8 Å². The third-order valence-corrected chi connectivity index (χ3v) is 4.92. The molecule has 24 heavy (non-hydrogen) atoms. The highest BCUT2D eigenvalue weighted by molar-refractivity contribution is 6.19. The average Bonchev–Trinajstić information content (AvgIpc) is 2.99. The van der Waals surface area contributed by atoms with Crippen molar-refractivity contribution in [2.75, 3.05) is 6.54 Å². The van der Waals surface area contributed by atoms with Crippen LogP contribution in [0.25, 0.3) is 10.9 Å². The fraction of sp³-hybridized carbons (Fsp3) is 0.389. The SMILES string of the molecule is CCC1(CC)C(=O)NC(=[NH+]CCc2c[nH]c3ccccc23)NC1=O. The lowest BCUT2D eigenvalue weighted by atomic mass is 9.79. The first kappa shape index (κ1) is 16.2. The van der Waals surface area contributed by atoms with Gasteiger partial charge in [0, 0.05) is 23.5 Å². The molecule has 3 rings (SSSR count). The molecule has 1 fully saturated rings. The zero-order chi connectivity index (χ0) is 17.2. The van der Waals surface area contributed by atoms with Gasteiger partial charge in [-0.15, -0.1) is 0 Å². The van der Waals surface area contributed by atoms with Crippen molar-refractivity contribution in [2.24, 2.45) is 5.41 Å². The zero-order valence-corrected chi connectivity index (χ0v) is 14.0. The first-order valence-electron chi connectivity index (χ1n) is 8.39.